The lowest BCUT2D eigenvalue weighted by Crippen LogP contribution is -2.36. The van der Waals surface area contributed by atoms with Crippen molar-refractivity contribution >= 4 is 29.8 Å². The second-order valence-corrected chi connectivity index (χ2v) is 12.0. The van der Waals surface area contributed by atoms with Crippen LogP contribution in [0.1, 0.15) is 46.5 Å². The van der Waals surface area contributed by atoms with Crippen LogP contribution < -0.4 is 21.3 Å². The van der Waals surface area contributed by atoms with Crippen molar-refractivity contribution in [3.05, 3.63) is 0 Å². The fourth-order valence-corrected chi connectivity index (χ4v) is 5.69. The van der Waals surface area contributed by atoms with Gasteiger partial charge in [-0.2, -0.15) is 11.8 Å². The lowest BCUT2D eigenvalue weighted by molar-refractivity contribution is -0.121. The van der Waals surface area contributed by atoms with Gasteiger partial charge in [-0.25, -0.2) is 9.59 Å². The quantitative estimate of drug-likeness (QED) is 0.0992. The molecule has 0 spiro atoms. The van der Waals surface area contributed by atoms with Crippen LogP contribution in [0.15, 0.2) is 0 Å². The SMILES string of the molecule is CC(C)(C)OC(=O)NCCOCCOCCOCCOCCOCCNC(=O)CCCCC1SCC2NC(=O)NC21. The number of carbonyl (C=O) groups is 3. The lowest BCUT2D eigenvalue weighted by Gasteiger charge is -2.19. The summed E-state index contributed by atoms with van der Waals surface area (Å²) >= 11 is 1.90. The third-order valence-corrected chi connectivity index (χ3v) is 7.56. The van der Waals surface area contributed by atoms with Gasteiger partial charge in [0, 0.05) is 30.5 Å². The van der Waals surface area contributed by atoms with Crippen LogP contribution in [-0.2, 0) is 33.2 Å². The Morgan fingerprint density at radius 2 is 1.34 bits per heavy atom. The van der Waals surface area contributed by atoms with Crippen molar-refractivity contribution in [2.75, 3.05) is 84.9 Å². The Kier molecular flexibility index (Phi) is 18.1. The molecular formula is C27H50N4O9S. The highest BCUT2D eigenvalue weighted by molar-refractivity contribution is 8.00. The van der Waals surface area contributed by atoms with Crippen LogP contribution in [0.2, 0.25) is 0 Å². The molecule has 2 rings (SSSR count). The summed E-state index contributed by atoms with van der Waals surface area (Å²) in [4.78, 5) is 34.9. The average Bonchev–Trinajstić information content (AvgIpc) is 3.46. The van der Waals surface area contributed by atoms with Crippen LogP contribution in [0.4, 0.5) is 9.59 Å². The zero-order chi connectivity index (χ0) is 29.8. The molecule has 0 radical (unpaired) electrons. The van der Waals surface area contributed by atoms with Crippen molar-refractivity contribution in [3.63, 3.8) is 0 Å². The molecule has 4 amide bonds. The molecule has 3 unspecified atom stereocenters. The van der Waals surface area contributed by atoms with E-state index >= 15 is 0 Å². The highest BCUT2D eigenvalue weighted by Crippen LogP contribution is 2.33. The van der Waals surface area contributed by atoms with Gasteiger partial charge in [-0.05, 0) is 33.6 Å². The molecule has 238 valence electrons. The minimum absolute atomic E-state index is 0.0406. The number of nitrogens with one attached hydrogen (secondary N) is 4. The van der Waals surface area contributed by atoms with E-state index in [0.717, 1.165) is 25.0 Å². The Bertz CT molecular complexity index is 757. The molecule has 2 saturated heterocycles. The molecule has 0 aromatic rings. The van der Waals surface area contributed by atoms with Crippen LogP contribution in [0.25, 0.3) is 0 Å². The normalized spacial score (nSPS) is 19.9. The van der Waals surface area contributed by atoms with Crippen molar-refractivity contribution in [1.82, 2.24) is 21.3 Å². The molecule has 0 aliphatic carbocycles. The third kappa shape index (κ3) is 17.7. The molecule has 2 aliphatic rings. The number of ether oxygens (including phenoxy) is 6. The van der Waals surface area contributed by atoms with Crippen LogP contribution in [-0.4, -0.2) is 126 Å². The molecular weight excluding hydrogens is 556 g/mol. The van der Waals surface area contributed by atoms with E-state index in [4.69, 9.17) is 28.4 Å². The number of urea groups is 1. The van der Waals surface area contributed by atoms with Gasteiger partial charge in [-0.15, -0.1) is 0 Å². The second-order valence-electron chi connectivity index (χ2n) is 10.7. The van der Waals surface area contributed by atoms with E-state index in [1.807, 2.05) is 32.5 Å². The van der Waals surface area contributed by atoms with E-state index in [2.05, 4.69) is 21.3 Å². The monoisotopic (exact) mass is 606 g/mol. The largest absolute Gasteiger partial charge is 0.444 e. The summed E-state index contributed by atoms with van der Waals surface area (Å²) in [6, 6.07) is 0.409. The first-order valence-corrected chi connectivity index (χ1v) is 15.6. The molecule has 0 saturated carbocycles. The minimum atomic E-state index is -0.513. The van der Waals surface area contributed by atoms with Gasteiger partial charge < -0.3 is 49.7 Å². The summed E-state index contributed by atoms with van der Waals surface area (Å²) < 4.78 is 32.3. The predicted molar refractivity (Wildman–Crippen MR) is 155 cm³/mol. The first kappa shape index (κ1) is 35.4. The Labute approximate surface area is 248 Å². The van der Waals surface area contributed by atoms with Crippen LogP contribution in [0.5, 0.6) is 0 Å². The maximum atomic E-state index is 12.0. The summed E-state index contributed by atoms with van der Waals surface area (Å²) in [6.45, 7) is 10.8. The molecule has 0 aromatic carbocycles. The molecule has 13 nitrogen and oxygen atoms in total. The molecule has 0 bridgehead atoms. The average molecular weight is 607 g/mol. The Morgan fingerprint density at radius 1 is 0.805 bits per heavy atom. The van der Waals surface area contributed by atoms with E-state index in [1.165, 1.54) is 0 Å². The molecule has 2 heterocycles. The standard InChI is InChI=1S/C27H50N4O9S/c1-27(2,3)40-26(34)29-9-11-36-13-15-38-17-19-39-18-16-37-14-12-35-10-8-28-23(32)7-5-4-6-22-24-21(20-41-22)30-25(33)31-24/h21-22,24H,4-20H2,1-3H3,(H,28,32)(H,29,34)(H2,30,31,33). The van der Waals surface area contributed by atoms with E-state index in [1.54, 1.807) is 0 Å². The highest BCUT2D eigenvalue weighted by atomic mass is 32.2. The number of amides is 4. The number of hydrogen-bond donors (Lipinski definition) is 4. The summed E-state index contributed by atoms with van der Waals surface area (Å²) in [5.74, 6) is 1.00. The van der Waals surface area contributed by atoms with Crippen LogP contribution in [0.3, 0.4) is 0 Å². The number of thioether (sulfide) groups is 1. The van der Waals surface area contributed by atoms with Gasteiger partial charge >= 0.3 is 12.1 Å². The number of rotatable bonds is 23. The molecule has 3 atom stereocenters. The Hall–Kier alpha value is -1.84. The molecule has 41 heavy (non-hydrogen) atoms. The van der Waals surface area contributed by atoms with Gasteiger partial charge in [0.15, 0.2) is 0 Å². The number of unbranched alkanes of at least 4 members (excludes halogenated alkanes) is 1. The van der Waals surface area contributed by atoms with Gasteiger partial charge in [0.05, 0.1) is 78.2 Å². The van der Waals surface area contributed by atoms with Crippen LogP contribution in [0, 0.1) is 0 Å². The van der Waals surface area contributed by atoms with Crippen molar-refractivity contribution in [3.8, 4) is 0 Å². The fourth-order valence-electron chi connectivity index (χ4n) is 4.15. The van der Waals surface area contributed by atoms with Crippen molar-refractivity contribution < 1.29 is 42.8 Å². The second kappa shape index (κ2) is 20.9. The van der Waals surface area contributed by atoms with Gasteiger partial charge in [0.25, 0.3) is 0 Å². The molecule has 14 heteroatoms. The molecule has 4 N–H and O–H groups in total. The number of carbonyl (C=O) groups excluding carboxylic acids is 3. The van der Waals surface area contributed by atoms with E-state index in [0.29, 0.717) is 90.8 Å². The summed E-state index contributed by atoms with van der Waals surface area (Å²) in [7, 11) is 0. The van der Waals surface area contributed by atoms with E-state index in [-0.39, 0.29) is 24.0 Å². The van der Waals surface area contributed by atoms with Gasteiger partial charge in [-0.3, -0.25) is 4.79 Å². The predicted octanol–water partition coefficient (Wildman–Crippen LogP) is 1.44. The summed E-state index contributed by atoms with van der Waals surface area (Å²) in [5.41, 5.74) is -0.513. The van der Waals surface area contributed by atoms with Crippen LogP contribution >= 0.6 is 11.8 Å². The zero-order valence-electron chi connectivity index (χ0n) is 24.8. The van der Waals surface area contributed by atoms with Gasteiger partial charge in [0.2, 0.25) is 5.91 Å². The van der Waals surface area contributed by atoms with E-state index < -0.39 is 11.7 Å². The van der Waals surface area contributed by atoms with Crippen molar-refractivity contribution in [2.24, 2.45) is 0 Å². The number of hydrogen-bond acceptors (Lipinski definition) is 10. The van der Waals surface area contributed by atoms with Gasteiger partial charge in [-0.1, -0.05) is 6.42 Å². The summed E-state index contributed by atoms with van der Waals surface area (Å²) in [5, 5.41) is 11.9. The smallest absolute Gasteiger partial charge is 0.407 e. The summed E-state index contributed by atoms with van der Waals surface area (Å²) in [6.07, 6.45) is 2.88. The highest BCUT2D eigenvalue weighted by Gasteiger charge is 2.42. The van der Waals surface area contributed by atoms with Gasteiger partial charge in [0.1, 0.15) is 5.60 Å². The zero-order valence-corrected chi connectivity index (χ0v) is 25.7. The Morgan fingerprint density at radius 3 is 1.90 bits per heavy atom. The third-order valence-electron chi connectivity index (χ3n) is 6.05. The molecule has 0 aromatic heterocycles. The van der Waals surface area contributed by atoms with Crippen molar-refractivity contribution in [1.29, 1.82) is 0 Å². The molecule has 2 fully saturated rings. The Balaban J connectivity index is 1.23. The lowest BCUT2D eigenvalue weighted by atomic mass is 10.0. The number of alkyl carbamates (subject to hydrolysis) is 1. The minimum Gasteiger partial charge on any atom is -0.444 e. The maximum Gasteiger partial charge on any atom is 0.407 e. The molecule has 2 aliphatic heterocycles. The van der Waals surface area contributed by atoms with Crippen molar-refractivity contribution in [2.45, 2.75) is 69.4 Å². The number of fused-ring (bicyclic) bond motifs is 1. The van der Waals surface area contributed by atoms with E-state index in [9.17, 15) is 14.4 Å². The first-order chi connectivity index (χ1) is 19.7. The maximum absolute atomic E-state index is 12.0. The first-order valence-electron chi connectivity index (χ1n) is 14.6. The fraction of sp³-hybridized carbons (Fsp3) is 0.889. The topological polar surface area (TPSA) is 155 Å².